The third-order valence-corrected chi connectivity index (χ3v) is 1.80. The smallest absolute Gasteiger partial charge is 0.308 e. The van der Waals surface area contributed by atoms with Crippen LogP contribution >= 0.6 is 0 Å². The highest BCUT2D eigenvalue weighted by Crippen LogP contribution is 2.13. The molecule has 0 heterocycles. The summed E-state index contributed by atoms with van der Waals surface area (Å²) >= 11 is 0. The largest absolute Gasteiger partial charge is 0.600 e. The van der Waals surface area contributed by atoms with Gasteiger partial charge in [0, 0.05) is 6.92 Å². The van der Waals surface area contributed by atoms with Crippen LogP contribution in [-0.4, -0.2) is 19.1 Å². The summed E-state index contributed by atoms with van der Waals surface area (Å²) in [6.45, 7) is -1.34. The maximum Gasteiger partial charge on any atom is 0.308 e. The van der Waals surface area contributed by atoms with Gasteiger partial charge in [-0.3, -0.25) is 4.79 Å². The van der Waals surface area contributed by atoms with E-state index < -0.39 is 6.55 Å². The predicted molar refractivity (Wildman–Crippen MR) is 61.0 cm³/mol. The molecule has 0 saturated heterocycles. The van der Waals surface area contributed by atoms with Gasteiger partial charge in [-0.2, -0.15) is 0 Å². The van der Waals surface area contributed by atoms with Gasteiger partial charge in [-0.1, -0.05) is 18.2 Å². The van der Waals surface area contributed by atoms with Crippen molar-refractivity contribution in [3.63, 3.8) is 0 Å². The van der Waals surface area contributed by atoms with Crippen molar-refractivity contribution in [1.82, 2.24) is 0 Å². The topological polar surface area (TPSA) is 40.4 Å². The molecule has 0 aromatic heterocycles. The molecule has 0 N–H and O–H groups in total. The van der Waals surface area contributed by atoms with Gasteiger partial charge < -0.3 is 10.1 Å². The maximum absolute atomic E-state index is 11.7. The predicted octanol–water partition coefficient (Wildman–Crippen LogP) is 3.22. The highest BCUT2D eigenvalue weighted by atomic mass is 19.3. The van der Waals surface area contributed by atoms with E-state index in [0.29, 0.717) is 5.75 Å². The molecule has 17 heavy (non-hydrogen) atoms. The van der Waals surface area contributed by atoms with E-state index in [-0.39, 0.29) is 12.5 Å². The number of rotatable bonds is 5. The summed E-state index contributed by atoms with van der Waals surface area (Å²) < 4.78 is 28.2. The summed E-state index contributed by atoms with van der Waals surface area (Å²) in [5, 5.41) is 3.01. The van der Waals surface area contributed by atoms with Crippen LogP contribution in [0.15, 0.2) is 30.3 Å². The molecule has 0 aliphatic rings. The second-order valence-corrected chi connectivity index (χ2v) is 3.21. The van der Waals surface area contributed by atoms with Crippen molar-refractivity contribution in [3.8, 4) is 5.75 Å². The third kappa shape index (κ3) is 5.77. The number of benzene rings is 1. The quantitative estimate of drug-likeness (QED) is 0.450. The molecule has 0 spiro atoms. The minimum atomic E-state index is -2.63. The minimum Gasteiger partial charge on any atom is -0.600 e. The number of ether oxygens (including phenoxy) is 1. The standard InChI is InChI=1S/C12H12F2NO2/c1-9(16)17-11-6-4-10(5-7-11)3-2-8-15-12(13)14/h2-7,12H,8H2,1H3/q-1. The first kappa shape index (κ1) is 13.3. The molecule has 0 fully saturated rings. The zero-order valence-electron chi connectivity index (χ0n) is 9.27. The Morgan fingerprint density at radius 2 is 2.06 bits per heavy atom. The molecule has 0 aliphatic heterocycles. The van der Waals surface area contributed by atoms with Gasteiger partial charge in [0.05, 0.1) is 0 Å². The Morgan fingerprint density at radius 1 is 1.41 bits per heavy atom. The van der Waals surface area contributed by atoms with Crippen LogP contribution < -0.4 is 4.74 Å². The first-order valence-electron chi connectivity index (χ1n) is 4.97. The average Bonchev–Trinajstić information content (AvgIpc) is 2.25. The number of halogens is 2. The van der Waals surface area contributed by atoms with Gasteiger partial charge in [0.15, 0.2) is 6.55 Å². The number of esters is 1. The Kier molecular flexibility index (Phi) is 5.29. The fourth-order valence-corrected chi connectivity index (χ4v) is 1.14. The van der Waals surface area contributed by atoms with E-state index in [0.717, 1.165) is 5.56 Å². The minimum absolute atomic E-state index is 0.0244. The number of nitrogens with zero attached hydrogens (tertiary/aromatic N) is 1. The van der Waals surface area contributed by atoms with Crippen molar-refractivity contribution in [1.29, 1.82) is 0 Å². The summed E-state index contributed by atoms with van der Waals surface area (Å²) in [5.41, 5.74) is 0.824. The van der Waals surface area contributed by atoms with Crippen LogP contribution in [0.2, 0.25) is 0 Å². The Hall–Kier alpha value is -1.75. The summed E-state index contributed by atoms with van der Waals surface area (Å²) in [5.74, 6) is 0.0657. The van der Waals surface area contributed by atoms with Crippen molar-refractivity contribution in [2.24, 2.45) is 0 Å². The van der Waals surface area contributed by atoms with Gasteiger partial charge in [0.25, 0.3) is 0 Å². The Morgan fingerprint density at radius 3 is 2.59 bits per heavy atom. The fourth-order valence-electron chi connectivity index (χ4n) is 1.14. The summed E-state index contributed by atoms with van der Waals surface area (Å²) in [4.78, 5) is 10.7. The van der Waals surface area contributed by atoms with E-state index in [4.69, 9.17) is 4.74 Å². The van der Waals surface area contributed by atoms with E-state index in [1.165, 1.54) is 13.0 Å². The zero-order chi connectivity index (χ0) is 12.7. The summed E-state index contributed by atoms with van der Waals surface area (Å²) in [7, 11) is 0. The molecule has 0 aliphatic carbocycles. The number of hydrogen-bond donors (Lipinski definition) is 0. The van der Waals surface area contributed by atoms with Crippen LogP contribution in [-0.2, 0) is 4.79 Å². The van der Waals surface area contributed by atoms with E-state index in [1.807, 2.05) is 0 Å². The Labute approximate surface area is 98.1 Å². The molecule has 0 bridgehead atoms. The van der Waals surface area contributed by atoms with Crippen LogP contribution in [0.4, 0.5) is 8.78 Å². The van der Waals surface area contributed by atoms with Gasteiger partial charge in [0.1, 0.15) is 5.75 Å². The highest BCUT2D eigenvalue weighted by Gasteiger charge is 1.96. The van der Waals surface area contributed by atoms with Crippen molar-refractivity contribution >= 4 is 12.0 Å². The molecule has 1 aromatic rings. The van der Waals surface area contributed by atoms with E-state index in [2.05, 4.69) is 5.32 Å². The molecule has 3 nitrogen and oxygen atoms in total. The second-order valence-electron chi connectivity index (χ2n) is 3.21. The SMILES string of the molecule is CC(=O)Oc1ccc(C=CC[N-]C(F)F)cc1. The number of carbonyl (C=O) groups excluding carboxylic acids is 1. The van der Waals surface area contributed by atoms with Crippen LogP contribution in [0.5, 0.6) is 5.75 Å². The molecule has 1 rings (SSSR count). The Bertz CT molecular complexity index is 388. The number of carbonyl (C=O) groups is 1. The van der Waals surface area contributed by atoms with Gasteiger partial charge >= 0.3 is 5.97 Å². The molecule has 5 heteroatoms. The third-order valence-electron chi connectivity index (χ3n) is 1.80. The molecule has 92 valence electrons. The lowest BCUT2D eigenvalue weighted by Gasteiger charge is -2.13. The first-order valence-corrected chi connectivity index (χ1v) is 4.97. The van der Waals surface area contributed by atoms with Gasteiger partial charge in [0.2, 0.25) is 0 Å². The highest BCUT2D eigenvalue weighted by molar-refractivity contribution is 5.69. The Balaban J connectivity index is 2.47. The molecule has 0 radical (unpaired) electrons. The lowest BCUT2D eigenvalue weighted by atomic mass is 10.2. The lowest BCUT2D eigenvalue weighted by molar-refractivity contribution is -0.131. The molecule has 0 atom stereocenters. The number of hydrogen-bond acceptors (Lipinski definition) is 2. The average molecular weight is 240 g/mol. The first-order chi connectivity index (χ1) is 8.08. The lowest BCUT2D eigenvalue weighted by Crippen LogP contribution is -2.00. The molecule has 0 unspecified atom stereocenters. The summed E-state index contributed by atoms with van der Waals surface area (Å²) in [6.07, 6.45) is 3.20. The zero-order valence-corrected chi connectivity index (χ0v) is 9.27. The van der Waals surface area contributed by atoms with Crippen molar-refractivity contribution < 1.29 is 18.3 Å². The second kappa shape index (κ2) is 6.75. The summed E-state index contributed by atoms with van der Waals surface area (Å²) in [6, 6.07) is 6.70. The van der Waals surface area contributed by atoms with Crippen LogP contribution in [0, 0.1) is 0 Å². The molecule has 0 amide bonds. The van der Waals surface area contributed by atoms with Crippen molar-refractivity contribution in [2.45, 2.75) is 13.5 Å². The van der Waals surface area contributed by atoms with Crippen LogP contribution in [0.1, 0.15) is 12.5 Å². The van der Waals surface area contributed by atoms with Gasteiger partial charge in [-0.25, -0.2) is 8.78 Å². The van der Waals surface area contributed by atoms with Gasteiger partial charge in [-0.15, -0.1) is 12.6 Å². The molecule has 0 saturated carbocycles. The monoisotopic (exact) mass is 240 g/mol. The van der Waals surface area contributed by atoms with Crippen LogP contribution in [0.3, 0.4) is 0 Å². The normalized spacial score (nSPS) is 11.1. The van der Waals surface area contributed by atoms with Gasteiger partial charge in [-0.05, 0) is 17.7 Å². The number of alkyl halides is 2. The van der Waals surface area contributed by atoms with E-state index >= 15 is 0 Å². The maximum atomic E-state index is 11.7. The fraction of sp³-hybridized carbons (Fsp3) is 0.250. The van der Waals surface area contributed by atoms with E-state index in [1.54, 1.807) is 30.3 Å². The molecular formula is C12H12F2NO2-. The van der Waals surface area contributed by atoms with Crippen molar-refractivity contribution in [2.75, 3.05) is 6.54 Å². The van der Waals surface area contributed by atoms with E-state index in [9.17, 15) is 13.6 Å². The van der Waals surface area contributed by atoms with Crippen LogP contribution in [0.25, 0.3) is 11.4 Å². The molecular weight excluding hydrogens is 228 g/mol. The van der Waals surface area contributed by atoms with Crippen molar-refractivity contribution in [3.05, 3.63) is 41.2 Å². The molecule has 1 aromatic carbocycles.